The molecule has 3 aromatic rings. The minimum Gasteiger partial charge on any atom is -0.508 e. The van der Waals surface area contributed by atoms with Gasteiger partial charge in [0, 0.05) is 11.6 Å². The van der Waals surface area contributed by atoms with Gasteiger partial charge in [-0.2, -0.15) is 0 Å². The minimum atomic E-state index is 0.224. The van der Waals surface area contributed by atoms with E-state index in [-0.39, 0.29) is 5.75 Å². The first-order chi connectivity index (χ1) is 8.83. The van der Waals surface area contributed by atoms with Gasteiger partial charge >= 0.3 is 0 Å². The fourth-order valence-electron chi connectivity index (χ4n) is 1.80. The molecule has 3 rings (SSSR count). The molecular weight excluding hydrogens is 226 g/mol. The zero-order valence-electron chi connectivity index (χ0n) is 9.58. The van der Waals surface area contributed by atoms with Crippen molar-refractivity contribution in [3.63, 3.8) is 0 Å². The van der Waals surface area contributed by atoms with Gasteiger partial charge in [0.2, 0.25) is 0 Å². The highest BCUT2D eigenvalue weighted by Crippen LogP contribution is 2.29. The molecule has 0 radical (unpaired) electrons. The smallest absolute Gasteiger partial charge is 0.138 e. The van der Waals surface area contributed by atoms with Gasteiger partial charge in [0.1, 0.15) is 17.2 Å². The fraction of sp³-hybridized carbons (Fsp3) is 0. The lowest BCUT2D eigenvalue weighted by molar-refractivity contribution is 0.466. The van der Waals surface area contributed by atoms with E-state index in [2.05, 4.69) is 4.98 Å². The van der Waals surface area contributed by atoms with Gasteiger partial charge in [-0.05, 0) is 42.5 Å². The van der Waals surface area contributed by atoms with Gasteiger partial charge in [-0.3, -0.25) is 4.98 Å². The van der Waals surface area contributed by atoms with Gasteiger partial charge in [0.05, 0.1) is 5.52 Å². The van der Waals surface area contributed by atoms with Crippen LogP contribution in [0, 0.1) is 0 Å². The highest BCUT2D eigenvalue weighted by Gasteiger charge is 2.03. The molecule has 0 aliphatic rings. The largest absolute Gasteiger partial charge is 0.508 e. The van der Waals surface area contributed by atoms with Crippen molar-refractivity contribution in [2.75, 3.05) is 0 Å². The molecule has 0 aliphatic carbocycles. The number of para-hydroxylation sites is 1. The number of aromatic hydroxyl groups is 1. The first kappa shape index (κ1) is 10.6. The number of pyridine rings is 1. The fourth-order valence-corrected chi connectivity index (χ4v) is 1.80. The van der Waals surface area contributed by atoms with E-state index in [1.165, 1.54) is 0 Å². The average Bonchev–Trinajstić information content (AvgIpc) is 2.42. The van der Waals surface area contributed by atoms with Crippen molar-refractivity contribution in [1.29, 1.82) is 0 Å². The van der Waals surface area contributed by atoms with Crippen LogP contribution in [0.3, 0.4) is 0 Å². The first-order valence-electron chi connectivity index (χ1n) is 5.63. The Hall–Kier alpha value is -2.55. The average molecular weight is 237 g/mol. The summed E-state index contributed by atoms with van der Waals surface area (Å²) in [6.07, 6.45) is 1.72. The lowest BCUT2D eigenvalue weighted by Crippen LogP contribution is -1.87. The summed E-state index contributed by atoms with van der Waals surface area (Å²) in [7, 11) is 0. The van der Waals surface area contributed by atoms with E-state index in [0.717, 1.165) is 16.7 Å². The number of benzene rings is 2. The van der Waals surface area contributed by atoms with Crippen LogP contribution < -0.4 is 4.74 Å². The second kappa shape index (κ2) is 4.37. The summed E-state index contributed by atoms with van der Waals surface area (Å²) < 4.78 is 5.80. The third-order valence-corrected chi connectivity index (χ3v) is 2.67. The van der Waals surface area contributed by atoms with E-state index >= 15 is 0 Å². The molecule has 2 aromatic carbocycles. The molecule has 18 heavy (non-hydrogen) atoms. The number of hydrogen-bond donors (Lipinski definition) is 1. The van der Waals surface area contributed by atoms with Gasteiger partial charge < -0.3 is 9.84 Å². The lowest BCUT2D eigenvalue weighted by atomic mass is 10.2. The zero-order chi connectivity index (χ0) is 12.4. The molecule has 1 heterocycles. The third-order valence-electron chi connectivity index (χ3n) is 2.67. The predicted octanol–water partition coefficient (Wildman–Crippen LogP) is 3.73. The molecule has 3 heteroatoms. The summed E-state index contributed by atoms with van der Waals surface area (Å²) in [5.41, 5.74) is 0.897. The van der Waals surface area contributed by atoms with Gasteiger partial charge in [0.25, 0.3) is 0 Å². The van der Waals surface area contributed by atoms with Crippen molar-refractivity contribution in [1.82, 2.24) is 4.98 Å². The Morgan fingerprint density at radius 1 is 0.889 bits per heavy atom. The molecule has 88 valence electrons. The van der Waals surface area contributed by atoms with Crippen molar-refractivity contribution in [3.05, 3.63) is 60.8 Å². The van der Waals surface area contributed by atoms with Gasteiger partial charge in [-0.1, -0.05) is 12.1 Å². The Labute approximate surface area is 104 Å². The van der Waals surface area contributed by atoms with Crippen LogP contribution in [-0.4, -0.2) is 10.1 Å². The summed E-state index contributed by atoms with van der Waals surface area (Å²) in [6, 6.07) is 16.3. The first-order valence-corrected chi connectivity index (χ1v) is 5.63. The lowest BCUT2D eigenvalue weighted by Gasteiger charge is -2.08. The van der Waals surface area contributed by atoms with E-state index in [1.807, 2.05) is 30.3 Å². The Morgan fingerprint density at radius 3 is 2.50 bits per heavy atom. The molecule has 0 bridgehead atoms. The normalized spacial score (nSPS) is 10.4. The van der Waals surface area contributed by atoms with E-state index in [9.17, 15) is 5.11 Å². The summed E-state index contributed by atoms with van der Waals surface area (Å²) >= 11 is 0. The molecule has 0 saturated heterocycles. The summed E-state index contributed by atoms with van der Waals surface area (Å²) in [5.74, 6) is 1.66. The standard InChI is InChI=1S/C15H11NO2/c17-11-5-7-12(8-6-11)18-15-9-10-16-14-4-2-1-3-13(14)15/h1-10,17H. The number of rotatable bonds is 2. The molecule has 0 aliphatic heterocycles. The number of fused-ring (bicyclic) bond motifs is 1. The number of nitrogens with zero attached hydrogens (tertiary/aromatic N) is 1. The van der Waals surface area contributed by atoms with Crippen molar-refractivity contribution in [2.24, 2.45) is 0 Å². The maximum absolute atomic E-state index is 9.23. The van der Waals surface area contributed by atoms with Crippen molar-refractivity contribution >= 4 is 10.9 Å². The number of ether oxygens (including phenoxy) is 1. The third kappa shape index (κ3) is 1.98. The van der Waals surface area contributed by atoms with Crippen molar-refractivity contribution in [3.8, 4) is 17.2 Å². The summed E-state index contributed by atoms with van der Waals surface area (Å²) in [5, 5.41) is 10.2. The van der Waals surface area contributed by atoms with Crippen LogP contribution in [0.5, 0.6) is 17.2 Å². The van der Waals surface area contributed by atoms with Crippen LogP contribution in [0.25, 0.3) is 10.9 Å². The second-order valence-electron chi connectivity index (χ2n) is 3.92. The van der Waals surface area contributed by atoms with Crippen LogP contribution in [-0.2, 0) is 0 Å². The van der Waals surface area contributed by atoms with Crippen LogP contribution >= 0.6 is 0 Å². The maximum atomic E-state index is 9.23. The molecule has 3 nitrogen and oxygen atoms in total. The summed E-state index contributed by atoms with van der Waals surface area (Å²) in [6.45, 7) is 0. The molecule has 1 N–H and O–H groups in total. The SMILES string of the molecule is Oc1ccc(Oc2ccnc3ccccc23)cc1. The minimum absolute atomic E-state index is 0.224. The van der Waals surface area contributed by atoms with E-state index in [0.29, 0.717) is 5.75 Å². The quantitative estimate of drug-likeness (QED) is 0.738. The van der Waals surface area contributed by atoms with Crippen LogP contribution in [0.4, 0.5) is 0 Å². The van der Waals surface area contributed by atoms with Gasteiger partial charge in [-0.15, -0.1) is 0 Å². The molecule has 1 aromatic heterocycles. The Balaban J connectivity index is 2.02. The van der Waals surface area contributed by atoms with Crippen molar-refractivity contribution < 1.29 is 9.84 Å². The van der Waals surface area contributed by atoms with Crippen LogP contribution in [0.1, 0.15) is 0 Å². The molecule has 0 unspecified atom stereocenters. The molecule has 0 atom stereocenters. The number of hydrogen-bond acceptors (Lipinski definition) is 3. The number of aromatic nitrogens is 1. The van der Waals surface area contributed by atoms with E-state index in [4.69, 9.17) is 4.74 Å². The molecular formula is C15H11NO2. The Morgan fingerprint density at radius 2 is 1.67 bits per heavy atom. The maximum Gasteiger partial charge on any atom is 0.138 e. The summed E-state index contributed by atoms with van der Waals surface area (Å²) in [4.78, 5) is 4.28. The second-order valence-corrected chi connectivity index (χ2v) is 3.92. The highest BCUT2D eigenvalue weighted by atomic mass is 16.5. The Kier molecular flexibility index (Phi) is 2.57. The topological polar surface area (TPSA) is 42.4 Å². The number of phenolic OH excluding ortho intramolecular Hbond substituents is 1. The predicted molar refractivity (Wildman–Crippen MR) is 69.9 cm³/mol. The number of phenols is 1. The van der Waals surface area contributed by atoms with E-state index < -0.39 is 0 Å². The molecule has 0 amide bonds. The van der Waals surface area contributed by atoms with Crippen LogP contribution in [0.2, 0.25) is 0 Å². The monoisotopic (exact) mass is 237 g/mol. The molecule has 0 fully saturated rings. The zero-order valence-corrected chi connectivity index (χ0v) is 9.58. The molecule has 0 spiro atoms. The highest BCUT2D eigenvalue weighted by molar-refractivity contribution is 5.84. The molecule has 0 saturated carbocycles. The van der Waals surface area contributed by atoms with Crippen LogP contribution in [0.15, 0.2) is 60.8 Å². The van der Waals surface area contributed by atoms with Gasteiger partial charge in [-0.25, -0.2) is 0 Å². The Bertz CT molecular complexity index is 672. The van der Waals surface area contributed by atoms with Crippen molar-refractivity contribution in [2.45, 2.75) is 0 Å². The van der Waals surface area contributed by atoms with E-state index in [1.54, 1.807) is 30.5 Å². The van der Waals surface area contributed by atoms with Gasteiger partial charge in [0.15, 0.2) is 0 Å².